The van der Waals surface area contributed by atoms with E-state index in [-0.39, 0.29) is 11.8 Å². The maximum atomic E-state index is 9.78. The largest absolute Gasteiger partial charge is 0.504 e. The molecule has 1 aliphatic rings. The Hall–Kier alpha value is -2.67. The predicted octanol–water partition coefficient (Wildman–Crippen LogP) is 3.15. The molecule has 0 radical (unpaired) electrons. The zero-order valence-electron chi connectivity index (χ0n) is 15.6. The van der Waals surface area contributed by atoms with Crippen LogP contribution < -0.4 is 14.2 Å². The van der Waals surface area contributed by atoms with Crippen molar-refractivity contribution < 1.29 is 24.1 Å². The number of methoxy groups -OCH3 is 3. The van der Waals surface area contributed by atoms with Crippen molar-refractivity contribution in [2.75, 3.05) is 27.9 Å². The zero-order valence-corrected chi connectivity index (χ0v) is 16.4. The van der Waals surface area contributed by atoms with Gasteiger partial charge in [-0.05, 0) is 54.0 Å². The van der Waals surface area contributed by atoms with Gasteiger partial charge in [-0.1, -0.05) is 12.1 Å². The lowest BCUT2D eigenvalue weighted by Crippen LogP contribution is -2.34. The van der Waals surface area contributed by atoms with E-state index >= 15 is 0 Å². The Balaban J connectivity index is 1.76. The summed E-state index contributed by atoms with van der Waals surface area (Å²) < 4.78 is 21.5. The van der Waals surface area contributed by atoms with Gasteiger partial charge in [0.25, 0.3) is 5.17 Å². The van der Waals surface area contributed by atoms with E-state index in [1.165, 1.54) is 7.11 Å². The molecule has 1 heterocycles. The molecule has 1 unspecified atom stereocenters. The van der Waals surface area contributed by atoms with Crippen LogP contribution in [0.3, 0.4) is 0 Å². The van der Waals surface area contributed by atoms with Crippen LogP contribution in [0.15, 0.2) is 36.4 Å². The van der Waals surface area contributed by atoms with E-state index in [1.54, 1.807) is 20.3 Å². The maximum absolute atomic E-state index is 9.78. The third kappa shape index (κ3) is 4.19. The quantitative estimate of drug-likeness (QED) is 0.730. The molecular weight excluding hydrogens is 366 g/mol. The summed E-state index contributed by atoms with van der Waals surface area (Å²) in [6.07, 6.45) is 0.760. The number of aromatic hydroxyl groups is 1. The molecule has 2 aromatic rings. The van der Waals surface area contributed by atoms with Crippen molar-refractivity contribution in [3.8, 4) is 23.0 Å². The highest BCUT2D eigenvalue weighted by atomic mass is 32.1. The Morgan fingerprint density at radius 2 is 1.67 bits per heavy atom. The number of phenols is 1. The standard InChI is InChI=1S/C20H23NO5S/c1-23-17-7-5-13(9-19(17)25-3)8-15-12-26-20(27)21(15)11-14-4-6-16(22)18(10-14)24-2/h4-7,9-10,15,22H,8,11-12H2,1-3H3. The minimum atomic E-state index is 0.107. The third-order valence-corrected chi connectivity index (χ3v) is 4.94. The average Bonchev–Trinajstić information content (AvgIpc) is 3.02. The van der Waals surface area contributed by atoms with Gasteiger partial charge in [-0.2, -0.15) is 0 Å². The maximum Gasteiger partial charge on any atom is 0.260 e. The van der Waals surface area contributed by atoms with Crippen molar-refractivity contribution in [1.29, 1.82) is 0 Å². The molecule has 0 saturated carbocycles. The molecular formula is C20H23NO5S. The Kier molecular flexibility index (Phi) is 5.91. The molecule has 27 heavy (non-hydrogen) atoms. The number of phenolic OH excluding ortho intramolecular Hbond substituents is 1. The van der Waals surface area contributed by atoms with Crippen LogP contribution >= 0.6 is 12.2 Å². The summed E-state index contributed by atoms with van der Waals surface area (Å²) >= 11 is 5.39. The van der Waals surface area contributed by atoms with Crippen LogP contribution in [0.4, 0.5) is 0 Å². The van der Waals surface area contributed by atoms with Gasteiger partial charge in [0.2, 0.25) is 0 Å². The smallest absolute Gasteiger partial charge is 0.260 e. The summed E-state index contributed by atoms with van der Waals surface area (Å²) in [4.78, 5) is 2.05. The number of hydrogen-bond donors (Lipinski definition) is 1. The molecule has 0 spiro atoms. The van der Waals surface area contributed by atoms with Crippen molar-refractivity contribution in [2.24, 2.45) is 0 Å². The molecule has 2 aromatic carbocycles. The van der Waals surface area contributed by atoms with Crippen LogP contribution in [0.25, 0.3) is 0 Å². The molecule has 144 valence electrons. The number of thiocarbonyl (C=S) groups is 1. The molecule has 1 fully saturated rings. The number of benzene rings is 2. The summed E-state index contributed by atoms with van der Waals surface area (Å²) in [6, 6.07) is 11.3. The van der Waals surface area contributed by atoms with Crippen molar-refractivity contribution in [3.05, 3.63) is 47.5 Å². The lowest BCUT2D eigenvalue weighted by Gasteiger charge is -2.24. The lowest BCUT2D eigenvalue weighted by atomic mass is 10.0. The van der Waals surface area contributed by atoms with Crippen LogP contribution in [-0.4, -0.2) is 49.2 Å². The van der Waals surface area contributed by atoms with Crippen LogP contribution in [-0.2, 0) is 17.7 Å². The van der Waals surface area contributed by atoms with Crippen molar-refractivity contribution >= 4 is 17.4 Å². The van der Waals surface area contributed by atoms with Gasteiger partial charge in [0, 0.05) is 6.54 Å². The van der Waals surface area contributed by atoms with E-state index in [0.717, 1.165) is 17.5 Å². The summed E-state index contributed by atoms with van der Waals surface area (Å²) in [6.45, 7) is 1.11. The Labute approximate surface area is 164 Å². The molecule has 1 atom stereocenters. The van der Waals surface area contributed by atoms with Gasteiger partial charge in [0.05, 0.1) is 27.4 Å². The Morgan fingerprint density at radius 3 is 2.37 bits per heavy atom. The monoisotopic (exact) mass is 389 g/mol. The van der Waals surface area contributed by atoms with E-state index in [1.807, 2.05) is 30.3 Å². The van der Waals surface area contributed by atoms with E-state index in [9.17, 15) is 5.11 Å². The van der Waals surface area contributed by atoms with Crippen LogP contribution in [0.1, 0.15) is 11.1 Å². The number of ether oxygens (including phenoxy) is 4. The van der Waals surface area contributed by atoms with Gasteiger partial charge in [-0.3, -0.25) is 0 Å². The second-order valence-corrected chi connectivity index (χ2v) is 6.61. The normalized spacial score (nSPS) is 16.2. The number of nitrogens with zero attached hydrogens (tertiary/aromatic N) is 1. The molecule has 1 aliphatic heterocycles. The fraction of sp³-hybridized carbons (Fsp3) is 0.350. The average molecular weight is 389 g/mol. The molecule has 0 amide bonds. The summed E-state index contributed by atoms with van der Waals surface area (Å²) in [5, 5.41) is 10.3. The Morgan fingerprint density at radius 1 is 1.00 bits per heavy atom. The first kappa shape index (κ1) is 19.1. The fourth-order valence-electron chi connectivity index (χ4n) is 3.15. The van der Waals surface area contributed by atoms with Gasteiger partial charge in [0.1, 0.15) is 6.61 Å². The summed E-state index contributed by atoms with van der Waals surface area (Å²) in [5.74, 6) is 1.96. The second-order valence-electron chi connectivity index (χ2n) is 6.26. The van der Waals surface area contributed by atoms with Crippen LogP contribution in [0.5, 0.6) is 23.0 Å². The topological polar surface area (TPSA) is 60.4 Å². The van der Waals surface area contributed by atoms with Gasteiger partial charge in [-0.25, -0.2) is 0 Å². The highest BCUT2D eigenvalue weighted by Gasteiger charge is 2.30. The van der Waals surface area contributed by atoms with Crippen LogP contribution in [0.2, 0.25) is 0 Å². The van der Waals surface area contributed by atoms with E-state index in [4.69, 9.17) is 31.2 Å². The lowest BCUT2D eigenvalue weighted by molar-refractivity contribution is 0.303. The SMILES string of the molecule is COc1cc(CN2C(=S)OCC2Cc2ccc(OC)c(OC)c2)ccc1O. The van der Waals surface area contributed by atoms with Gasteiger partial charge in [0.15, 0.2) is 23.0 Å². The summed E-state index contributed by atoms with van der Waals surface area (Å²) in [5.41, 5.74) is 2.09. The van der Waals surface area contributed by atoms with Crippen LogP contribution in [0, 0.1) is 0 Å². The van der Waals surface area contributed by atoms with Gasteiger partial charge in [-0.15, -0.1) is 0 Å². The van der Waals surface area contributed by atoms with Gasteiger partial charge < -0.3 is 29.0 Å². The first-order valence-corrected chi connectivity index (χ1v) is 8.96. The summed E-state index contributed by atoms with van der Waals surface area (Å²) in [7, 11) is 4.77. The van der Waals surface area contributed by atoms with Gasteiger partial charge >= 0.3 is 0 Å². The highest BCUT2D eigenvalue weighted by molar-refractivity contribution is 7.80. The van der Waals surface area contributed by atoms with E-state index in [0.29, 0.717) is 35.6 Å². The molecule has 0 aliphatic carbocycles. The fourth-order valence-corrected chi connectivity index (χ4v) is 3.43. The molecule has 0 aromatic heterocycles. The number of rotatable bonds is 7. The van der Waals surface area contributed by atoms with Crippen molar-refractivity contribution in [1.82, 2.24) is 4.90 Å². The van der Waals surface area contributed by atoms with Crippen molar-refractivity contribution in [3.63, 3.8) is 0 Å². The highest BCUT2D eigenvalue weighted by Crippen LogP contribution is 2.31. The minimum absolute atomic E-state index is 0.107. The molecule has 0 bridgehead atoms. The molecule has 1 N–H and O–H groups in total. The molecule has 1 saturated heterocycles. The second kappa shape index (κ2) is 8.35. The Bertz CT molecular complexity index is 826. The minimum Gasteiger partial charge on any atom is -0.504 e. The molecule has 6 nitrogen and oxygen atoms in total. The first-order chi connectivity index (χ1) is 13.0. The van der Waals surface area contributed by atoms with Crippen molar-refractivity contribution in [2.45, 2.75) is 19.0 Å². The molecule has 3 rings (SSSR count). The molecule has 7 heteroatoms. The first-order valence-electron chi connectivity index (χ1n) is 8.56. The van der Waals surface area contributed by atoms with E-state index < -0.39 is 0 Å². The predicted molar refractivity (Wildman–Crippen MR) is 106 cm³/mol. The van der Waals surface area contributed by atoms with E-state index in [2.05, 4.69) is 4.90 Å². The third-order valence-electron chi connectivity index (χ3n) is 4.59. The zero-order chi connectivity index (χ0) is 19.4. The number of hydrogen-bond acceptors (Lipinski definition) is 6.